The number of benzene rings is 2. The summed E-state index contributed by atoms with van der Waals surface area (Å²) in [4.78, 5) is 11.7. The molecule has 18 heavy (non-hydrogen) atoms. The Balaban J connectivity index is 2.06. The Labute approximate surface area is 118 Å². The topological polar surface area (TPSA) is 32.3 Å². The lowest BCUT2D eigenvalue weighted by Gasteiger charge is -2.14. The standard InChI is InChI=1S/C13H10FIN2O/c14-17(12-8-6-11(15)7-9-12)16-13(18)10-4-2-1-3-5-10/h1-9H,(H,16,18). The van der Waals surface area contributed by atoms with Gasteiger partial charge in [0.15, 0.2) is 0 Å². The molecule has 0 fully saturated rings. The van der Waals surface area contributed by atoms with Crippen LogP contribution in [0.2, 0.25) is 0 Å². The minimum atomic E-state index is -0.489. The van der Waals surface area contributed by atoms with Crippen LogP contribution in [0.1, 0.15) is 10.4 Å². The Hall–Kier alpha value is -1.63. The van der Waals surface area contributed by atoms with E-state index in [1.165, 1.54) is 0 Å². The molecular formula is C13H10FIN2O. The van der Waals surface area contributed by atoms with Crippen LogP contribution < -0.4 is 10.7 Å². The van der Waals surface area contributed by atoms with E-state index in [2.05, 4.69) is 28.0 Å². The highest BCUT2D eigenvalue weighted by Gasteiger charge is 2.10. The van der Waals surface area contributed by atoms with Gasteiger partial charge in [-0.3, -0.25) is 4.79 Å². The summed E-state index contributed by atoms with van der Waals surface area (Å²) >= 11 is 2.13. The van der Waals surface area contributed by atoms with Gasteiger partial charge < -0.3 is 0 Å². The van der Waals surface area contributed by atoms with Crippen LogP contribution in [0.4, 0.5) is 10.2 Å². The highest BCUT2D eigenvalue weighted by molar-refractivity contribution is 14.1. The molecule has 2 rings (SSSR count). The quantitative estimate of drug-likeness (QED) is 0.520. The van der Waals surface area contributed by atoms with Gasteiger partial charge in [-0.15, -0.1) is 5.23 Å². The van der Waals surface area contributed by atoms with Crippen molar-refractivity contribution in [2.75, 3.05) is 5.23 Å². The average Bonchev–Trinajstić information content (AvgIpc) is 2.40. The molecule has 0 bridgehead atoms. The van der Waals surface area contributed by atoms with Crippen molar-refractivity contribution in [2.24, 2.45) is 0 Å². The van der Waals surface area contributed by atoms with Crippen LogP contribution in [-0.4, -0.2) is 5.91 Å². The zero-order valence-corrected chi connectivity index (χ0v) is 11.5. The predicted molar refractivity (Wildman–Crippen MR) is 76.7 cm³/mol. The van der Waals surface area contributed by atoms with Crippen LogP contribution in [0.25, 0.3) is 0 Å². The van der Waals surface area contributed by atoms with Gasteiger partial charge in [-0.25, -0.2) is 5.43 Å². The minimum Gasteiger partial charge on any atom is -0.267 e. The summed E-state index contributed by atoms with van der Waals surface area (Å²) in [6.07, 6.45) is 0. The molecule has 0 aliphatic carbocycles. The lowest BCUT2D eigenvalue weighted by atomic mass is 10.2. The van der Waals surface area contributed by atoms with Crippen molar-refractivity contribution in [3.05, 3.63) is 63.7 Å². The number of halogens is 2. The highest BCUT2D eigenvalue weighted by atomic mass is 127. The lowest BCUT2D eigenvalue weighted by molar-refractivity contribution is 0.0924. The van der Waals surface area contributed by atoms with E-state index < -0.39 is 5.91 Å². The van der Waals surface area contributed by atoms with Gasteiger partial charge in [0.05, 0.1) is 5.69 Å². The number of hydrazine groups is 1. The largest absolute Gasteiger partial charge is 0.271 e. The van der Waals surface area contributed by atoms with E-state index in [0.29, 0.717) is 5.56 Å². The first-order chi connectivity index (χ1) is 8.66. The first kappa shape index (κ1) is 12.8. The fourth-order valence-electron chi connectivity index (χ4n) is 1.38. The molecule has 5 heteroatoms. The number of amides is 1. The van der Waals surface area contributed by atoms with Crippen LogP contribution in [0, 0.1) is 3.57 Å². The molecular weight excluding hydrogens is 346 g/mol. The maximum Gasteiger partial charge on any atom is 0.271 e. The first-order valence-electron chi connectivity index (χ1n) is 5.24. The summed E-state index contributed by atoms with van der Waals surface area (Å²) < 4.78 is 14.7. The zero-order chi connectivity index (χ0) is 13.0. The number of nitrogens with zero attached hydrogens (tertiary/aromatic N) is 1. The molecule has 2 aromatic carbocycles. The summed E-state index contributed by atoms with van der Waals surface area (Å²) in [7, 11) is 0. The molecule has 0 spiro atoms. The SMILES string of the molecule is O=C(NN(F)c1ccc(I)cc1)c1ccccc1. The second-order valence-electron chi connectivity index (χ2n) is 3.56. The maximum atomic E-state index is 13.7. The van der Waals surface area contributed by atoms with Crippen molar-refractivity contribution in [3.8, 4) is 0 Å². The monoisotopic (exact) mass is 356 g/mol. The number of nitrogens with one attached hydrogen (secondary N) is 1. The number of carbonyl (C=O) groups is 1. The summed E-state index contributed by atoms with van der Waals surface area (Å²) in [6, 6.07) is 15.2. The van der Waals surface area contributed by atoms with E-state index in [9.17, 15) is 9.28 Å². The third kappa shape index (κ3) is 3.19. The Morgan fingerprint density at radius 2 is 1.67 bits per heavy atom. The normalized spacial score (nSPS) is 9.89. The number of hydrogen-bond acceptors (Lipinski definition) is 2. The van der Waals surface area contributed by atoms with Crippen LogP contribution in [0.15, 0.2) is 54.6 Å². The van der Waals surface area contributed by atoms with Crippen LogP contribution in [0.5, 0.6) is 0 Å². The lowest BCUT2D eigenvalue weighted by Crippen LogP contribution is -2.36. The van der Waals surface area contributed by atoms with E-state index in [-0.39, 0.29) is 10.9 Å². The van der Waals surface area contributed by atoms with Crippen molar-refractivity contribution in [2.45, 2.75) is 0 Å². The number of hydrogen-bond donors (Lipinski definition) is 1. The molecule has 2 aromatic rings. The molecule has 92 valence electrons. The first-order valence-corrected chi connectivity index (χ1v) is 6.32. The Morgan fingerprint density at radius 3 is 2.28 bits per heavy atom. The van der Waals surface area contributed by atoms with E-state index in [4.69, 9.17) is 0 Å². The Morgan fingerprint density at radius 1 is 1.06 bits per heavy atom. The molecule has 3 nitrogen and oxygen atoms in total. The van der Waals surface area contributed by atoms with Gasteiger partial charge in [0, 0.05) is 9.13 Å². The molecule has 1 N–H and O–H groups in total. The smallest absolute Gasteiger partial charge is 0.267 e. The highest BCUT2D eigenvalue weighted by Crippen LogP contribution is 2.15. The van der Waals surface area contributed by atoms with Gasteiger partial charge in [0.25, 0.3) is 5.91 Å². The molecule has 0 atom stereocenters. The van der Waals surface area contributed by atoms with Crippen molar-refractivity contribution in [1.29, 1.82) is 0 Å². The average molecular weight is 356 g/mol. The minimum absolute atomic E-state index is 0.214. The maximum absolute atomic E-state index is 13.7. The Bertz CT molecular complexity index is 530. The molecule has 0 saturated carbocycles. The van der Waals surface area contributed by atoms with Gasteiger partial charge >= 0.3 is 0 Å². The zero-order valence-electron chi connectivity index (χ0n) is 9.31. The van der Waals surface area contributed by atoms with Crippen LogP contribution >= 0.6 is 22.6 Å². The second-order valence-corrected chi connectivity index (χ2v) is 4.81. The van der Waals surface area contributed by atoms with Gasteiger partial charge in [0.1, 0.15) is 0 Å². The van der Waals surface area contributed by atoms with E-state index in [1.54, 1.807) is 54.6 Å². The summed E-state index contributed by atoms with van der Waals surface area (Å²) in [5.41, 5.74) is 2.84. The summed E-state index contributed by atoms with van der Waals surface area (Å²) in [5.74, 6) is -0.489. The third-order valence-corrected chi connectivity index (χ3v) is 3.01. The number of anilines is 1. The van der Waals surface area contributed by atoms with E-state index >= 15 is 0 Å². The molecule has 0 aliphatic heterocycles. The molecule has 0 aromatic heterocycles. The van der Waals surface area contributed by atoms with Crippen molar-refractivity contribution < 1.29 is 9.28 Å². The van der Waals surface area contributed by atoms with Gasteiger partial charge in [-0.1, -0.05) is 22.7 Å². The molecule has 0 aliphatic rings. The van der Waals surface area contributed by atoms with Crippen molar-refractivity contribution >= 4 is 34.2 Å². The molecule has 1 amide bonds. The fourth-order valence-corrected chi connectivity index (χ4v) is 1.74. The second kappa shape index (κ2) is 5.81. The third-order valence-electron chi connectivity index (χ3n) is 2.29. The Kier molecular flexibility index (Phi) is 4.14. The summed E-state index contributed by atoms with van der Waals surface area (Å²) in [6.45, 7) is 0. The van der Waals surface area contributed by atoms with Crippen molar-refractivity contribution in [1.82, 2.24) is 5.43 Å². The van der Waals surface area contributed by atoms with E-state index in [1.807, 2.05) is 0 Å². The van der Waals surface area contributed by atoms with Gasteiger partial charge in [-0.2, -0.15) is 0 Å². The van der Waals surface area contributed by atoms with Gasteiger partial charge in [-0.05, 0) is 59.0 Å². The molecule has 0 unspecified atom stereocenters. The fraction of sp³-hybridized carbons (Fsp3) is 0. The molecule has 0 heterocycles. The molecule has 0 saturated heterocycles. The van der Waals surface area contributed by atoms with Gasteiger partial charge in [0.2, 0.25) is 0 Å². The van der Waals surface area contributed by atoms with Crippen LogP contribution in [-0.2, 0) is 0 Å². The van der Waals surface area contributed by atoms with Crippen molar-refractivity contribution in [3.63, 3.8) is 0 Å². The van der Waals surface area contributed by atoms with Crippen LogP contribution in [0.3, 0.4) is 0 Å². The summed E-state index contributed by atoms with van der Waals surface area (Å²) in [5, 5.41) is 0.214. The number of rotatable bonds is 3. The molecule has 0 radical (unpaired) electrons. The van der Waals surface area contributed by atoms with E-state index in [0.717, 1.165) is 3.57 Å². The number of carbonyl (C=O) groups excluding carboxylic acids is 1. The predicted octanol–water partition coefficient (Wildman–Crippen LogP) is 3.33.